The van der Waals surface area contributed by atoms with E-state index in [-0.39, 0.29) is 6.04 Å². The summed E-state index contributed by atoms with van der Waals surface area (Å²) in [6, 6.07) is 9.74. The average Bonchev–Trinajstić information content (AvgIpc) is 2.69. The summed E-state index contributed by atoms with van der Waals surface area (Å²) >= 11 is 9.41. The first-order chi connectivity index (χ1) is 8.06. The molecule has 2 N–H and O–H groups in total. The number of hydrogen-bond donors (Lipinski definition) is 1. The molecule has 90 valence electrons. The Morgan fingerprint density at radius 1 is 1.35 bits per heavy atom. The van der Waals surface area contributed by atoms with E-state index < -0.39 is 0 Å². The molecule has 2 nitrogen and oxygen atoms in total. The Kier molecular flexibility index (Phi) is 3.92. The van der Waals surface area contributed by atoms with Crippen LogP contribution in [0.25, 0.3) is 11.3 Å². The summed E-state index contributed by atoms with van der Waals surface area (Å²) in [6.45, 7) is 1.96. The van der Waals surface area contributed by atoms with Gasteiger partial charge in [-0.15, -0.1) is 0 Å². The van der Waals surface area contributed by atoms with Crippen LogP contribution in [0, 0.1) is 0 Å². The first-order valence-electron chi connectivity index (χ1n) is 5.36. The van der Waals surface area contributed by atoms with Crippen LogP contribution in [0.5, 0.6) is 0 Å². The van der Waals surface area contributed by atoms with Gasteiger partial charge < -0.3 is 10.2 Å². The van der Waals surface area contributed by atoms with Gasteiger partial charge in [-0.2, -0.15) is 0 Å². The van der Waals surface area contributed by atoms with Crippen molar-refractivity contribution in [1.29, 1.82) is 0 Å². The molecule has 1 aromatic heterocycles. The molecular formula is C13H13BrClNO. The largest absolute Gasteiger partial charge is 0.461 e. The number of halogens is 2. The first kappa shape index (κ1) is 12.7. The SMILES string of the molecule is CC(N)Cc1ccc(-c2ccc(Br)c(Cl)c2)o1. The Morgan fingerprint density at radius 3 is 2.76 bits per heavy atom. The Morgan fingerprint density at radius 2 is 2.12 bits per heavy atom. The summed E-state index contributed by atoms with van der Waals surface area (Å²) in [7, 11) is 0. The highest BCUT2D eigenvalue weighted by Crippen LogP contribution is 2.29. The first-order valence-corrected chi connectivity index (χ1v) is 6.53. The summed E-state index contributed by atoms with van der Waals surface area (Å²) < 4.78 is 6.60. The highest BCUT2D eigenvalue weighted by molar-refractivity contribution is 9.10. The van der Waals surface area contributed by atoms with E-state index in [1.807, 2.05) is 37.3 Å². The van der Waals surface area contributed by atoms with E-state index >= 15 is 0 Å². The second-order valence-corrected chi connectivity index (χ2v) is 5.34. The van der Waals surface area contributed by atoms with Gasteiger partial charge in [0.2, 0.25) is 0 Å². The van der Waals surface area contributed by atoms with Crippen molar-refractivity contribution in [2.45, 2.75) is 19.4 Å². The molecule has 1 aromatic carbocycles. The van der Waals surface area contributed by atoms with Gasteiger partial charge in [-0.05, 0) is 47.1 Å². The zero-order valence-corrected chi connectivity index (χ0v) is 11.8. The van der Waals surface area contributed by atoms with E-state index in [2.05, 4.69) is 15.9 Å². The second-order valence-electron chi connectivity index (χ2n) is 4.08. The van der Waals surface area contributed by atoms with Gasteiger partial charge >= 0.3 is 0 Å². The molecule has 1 atom stereocenters. The fourth-order valence-corrected chi connectivity index (χ4v) is 2.04. The van der Waals surface area contributed by atoms with Crippen LogP contribution in [-0.2, 0) is 6.42 Å². The molecule has 2 rings (SSSR count). The van der Waals surface area contributed by atoms with Gasteiger partial charge in [0.1, 0.15) is 11.5 Å². The Bertz CT molecular complexity index is 522. The molecule has 0 amide bonds. The summed E-state index contributed by atoms with van der Waals surface area (Å²) in [6.07, 6.45) is 0.740. The van der Waals surface area contributed by atoms with Crippen molar-refractivity contribution in [3.8, 4) is 11.3 Å². The maximum absolute atomic E-state index is 6.05. The monoisotopic (exact) mass is 313 g/mol. The van der Waals surface area contributed by atoms with Crippen molar-refractivity contribution in [3.05, 3.63) is 45.6 Å². The highest BCUT2D eigenvalue weighted by atomic mass is 79.9. The predicted molar refractivity (Wildman–Crippen MR) is 74.2 cm³/mol. The molecule has 1 heterocycles. The van der Waals surface area contributed by atoms with Crippen LogP contribution < -0.4 is 5.73 Å². The average molecular weight is 315 g/mol. The number of nitrogens with two attached hydrogens (primary N) is 1. The molecule has 0 aliphatic carbocycles. The molecule has 0 aliphatic rings. The lowest BCUT2D eigenvalue weighted by Crippen LogP contribution is -2.17. The maximum Gasteiger partial charge on any atom is 0.134 e. The van der Waals surface area contributed by atoms with Gasteiger partial charge in [0.15, 0.2) is 0 Å². The Balaban J connectivity index is 2.27. The molecule has 2 aromatic rings. The van der Waals surface area contributed by atoms with Gasteiger partial charge in [0, 0.05) is 22.5 Å². The normalized spacial score (nSPS) is 12.7. The zero-order valence-electron chi connectivity index (χ0n) is 9.41. The topological polar surface area (TPSA) is 39.2 Å². The van der Waals surface area contributed by atoms with E-state index in [1.165, 1.54) is 0 Å². The molecule has 0 fully saturated rings. The van der Waals surface area contributed by atoms with Crippen molar-refractivity contribution in [2.75, 3.05) is 0 Å². The van der Waals surface area contributed by atoms with Gasteiger partial charge in [-0.25, -0.2) is 0 Å². The summed E-state index contributed by atoms with van der Waals surface area (Å²) in [4.78, 5) is 0. The molecular weight excluding hydrogens is 302 g/mol. The minimum atomic E-state index is 0.0995. The Labute approximate surface area is 114 Å². The molecule has 0 aliphatic heterocycles. The fourth-order valence-electron chi connectivity index (χ4n) is 1.61. The van der Waals surface area contributed by atoms with E-state index in [0.29, 0.717) is 5.02 Å². The molecule has 4 heteroatoms. The number of hydrogen-bond acceptors (Lipinski definition) is 2. The lowest BCUT2D eigenvalue weighted by molar-refractivity contribution is 0.503. The van der Waals surface area contributed by atoms with Crippen LogP contribution in [0.2, 0.25) is 5.02 Å². The van der Waals surface area contributed by atoms with Crippen LogP contribution >= 0.6 is 27.5 Å². The van der Waals surface area contributed by atoms with Gasteiger partial charge in [-0.1, -0.05) is 17.7 Å². The van der Waals surface area contributed by atoms with Crippen LogP contribution in [0.3, 0.4) is 0 Å². The smallest absolute Gasteiger partial charge is 0.134 e. The molecule has 0 bridgehead atoms. The van der Waals surface area contributed by atoms with E-state index in [4.69, 9.17) is 21.8 Å². The lowest BCUT2D eigenvalue weighted by atomic mass is 10.2. The molecule has 0 saturated carbocycles. The minimum absolute atomic E-state index is 0.0995. The summed E-state index contributed by atoms with van der Waals surface area (Å²) in [5.41, 5.74) is 6.70. The van der Waals surface area contributed by atoms with Gasteiger partial charge in [0.05, 0.1) is 5.02 Å². The van der Waals surface area contributed by atoms with E-state index in [1.54, 1.807) is 0 Å². The van der Waals surface area contributed by atoms with E-state index in [9.17, 15) is 0 Å². The van der Waals surface area contributed by atoms with Crippen LogP contribution in [-0.4, -0.2) is 6.04 Å². The molecule has 0 spiro atoms. The van der Waals surface area contributed by atoms with E-state index in [0.717, 1.165) is 28.0 Å². The molecule has 17 heavy (non-hydrogen) atoms. The summed E-state index contributed by atoms with van der Waals surface area (Å²) in [5, 5.41) is 0.674. The quantitative estimate of drug-likeness (QED) is 0.919. The van der Waals surface area contributed by atoms with Crippen molar-refractivity contribution in [1.82, 2.24) is 0 Å². The second kappa shape index (κ2) is 5.25. The van der Waals surface area contributed by atoms with Crippen molar-refractivity contribution < 1.29 is 4.42 Å². The summed E-state index contributed by atoms with van der Waals surface area (Å²) in [5.74, 6) is 1.71. The zero-order chi connectivity index (χ0) is 12.4. The molecule has 1 unspecified atom stereocenters. The van der Waals surface area contributed by atoms with Crippen LogP contribution in [0.1, 0.15) is 12.7 Å². The number of furan rings is 1. The van der Waals surface area contributed by atoms with Gasteiger partial charge in [0.25, 0.3) is 0 Å². The standard InChI is InChI=1S/C13H13BrClNO/c1-8(16)6-10-3-5-13(17-10)9-2-4-11(14)12(15)7-9/h2-5,7-8H,6,16H2,1H3. The molecule has 0 radical (unpaired) electrons. The maximum atomic E-state index is 6.05. The third-order valence-electron chi connectivity index (χ3n) is 2.39. The molecule has 0 saturated heterocycles. The van der Waals surface area contributed by atoms with Crippen LogP contribution in [0.4, 0.5) is 0 Å². The number of benzene rings is 1. The van der Waals surface area contributed by atoms with Crippen molar-refractivity contribution in [3.63, 3.8) is 0 Å². The third-order valence-corrected chi connectivity index (χ3v) is 3.62. The lowest BCUT2D eigenvalue weighted by Gasteiger charge is -2.02. The minimum Gasteiger partial charge on any atom is -0.461 e. The van der Waals surface area contributed by atoms with Crippen LogP contribution in [0.15, 0.2) is 39.2 Å². The Hall–Kier alpha value is -0.770. The predicted octanol–water partition coefficient (Wildman–Crippen LogP) is 4.25. The highest BCUT2D eigenvalue weighted by Gasteiger charge is 2.08. The van der Waals surface area contributed by atoms with Gasteiger partial charge in [-0.3, -0.25) is 0 Å². The third kappa shape index (κ3) is 3.12. The fraction of sp³-hybridized carbons (Fsp3) is 0.231. The van der Waals surface area contributed by atoms with Crippen molar-refractivity contribution >= 4 is 27.5 Å². The number of rotatable bonds is 3. The van der Waals surface area contributed by atoms with Crippen molar-refractivity contribution in [2.24, 2.45) is 5.73 Å².